The fourth-order valence-corrected chi connectivity index (χ4v) is 4.19. The lowest BCUT2D eigenvalue weighted by Gasteiger charge is -2.22. The number of hydrogen-bond acceptors (Lipinski definition) is 8. The van der Waals surface area contributed by atoms with Gasteiger partial charge in [0.1, 0.15) is 6.07 Å². The zero-order valence-electron chi connectivity index (χ0n) is 22.3. The highest BCUT2D eigenvalue weighted by Crippen LogP contribution is 2.34. The van der Waals surface area contributed by atoms with Crippen molar-refractivity contribution in [3.8, 4) is 6.07 Å². The summed E-state index contributed by atoms with van der Waals surface area (Å²) in [6.07, 6.45) is 12.4. The molecule has 0 aliphatic carbocycles. The first kappa shape index (κ1) is 28.1. The van der Waals surface area contributed by atoms with Gasteiger partial charge in [-0.1, -0.05) is 42.5 Å². The molecule has 0 radical (unpaired) electrons. The van der Waals surface area contributed by atoms with Crippen LogP contribution >= 0.6 is 11.6 Å². The molecule has 1 aliphatic heterocycles. The zero-order chi connectivity index (χ0) is 26.9. The standard InChI is InChI=1S/C28H37ClN8/c1-7-8-9-11-20(4)26(25-18-37(19(2)3)35-34-25)33-22-14-23-27(31-12-10-13-36(5)6)21(16-30)17-32-28(23)24(29)15-22/h7-9,11,14-15,17-19,26,33-35H,4,10,12-13H2,1-3,5-6H3,(H,31,32)/b8-7-,11-9-/t26-/m0/s1. The largest absolute Gasteiger partial charge is 0.383 e. The molecule has 2 aromatic rings. The SMILES string of the molecule is C=C(/C=C\C=C/C)[C@H](Nc1cc(Cl)c2ncc(C#N)c(NCCCN(C)C)c2c1)C1=CN(C(C)C)NN1. The average Bonchev–Trinajstić information content (AvgIpc) is 3.35. The fraction of sp³-hybridized carbons (Fsp3) is 0.357. The molecular formula is C28H37ClN8. The number of benzene rings is 1. The molecule has 1 atom stereocenters. The fourth-order valence-electron chi connectivity index (χ4n) is 3.92. The second kappa shape index (κ2) is 13.2. The van der Waals surface area contributed by atoms with E-state index in [0.29, 0.717) is 16.1 Å². The quantitative estimate of drug-likeness (QED) is 0.225. The minimum atomic E-state index is -0.255. The number of nitrogens with zero attached hydrogens (tertiary/aromatic N) is 4. The van der Waals surface area contributed by atoms with E-state index < -0.39 is 0 Å². The Morgan fingerprint density at radius 2 is 2.11 bits per heavy atom. The number of nitriles is 1. The monoisotopic (exact) mass is 520 g/mol. The van der Waals surface area contributed by atoms with E-state index in [9.17, 15) is 5.26 Å². The van der Waals surface area contributed by atoms with Gasteiger partial charge in [0.2, 0.25) is 0 Å². The molecule has 0 saturated heterocycles. The molecule has 0 unspecified atom stereocenters. The maximum Gasteiger partial charge on any atom is 0.103 e. The normalized spacial score (nSPS) is 14.5. The molecule has 1 aromatic heterocycles. The number of rotatable bonds is 12. The van der Waals surface area contributed by atoms with Gasteiger partial charge in [-0.15, -0.1) is 5.53 Å². The molecule has 0 bridgehead atoms. The van der Waals surface area contributed by atoms with Crippen LogP contribution in [0.2, 0.25) is 5.02 Å². The van der Waals surface area contributed by atoms with Gasteiger partial charge in [0.15, 0.2) is 0 Å². The van der Waals surface area contributed by atoms with E-state index in [1.807, 2.05) is 68.7 Å². The van der Waals surface area contributed by atoms with E-state index in [2.05, 4.69) is 58.0 Å². The van der Waals surface area contributed by atoms with E-state index in [1.54, 1.807) is 6.20 Å². The van der Waals surface area contributed by atoms with E-state index >= 15 is 0 Å². The smallest absolute Gasteiger partial charge is 0.103 e. The number of aromatic nitrogens is 1. The van der Waals surface area contributed by atoms with Gasteiger partial charge in [-0.3, -0.25) is 9.99 Å². The number of hydrogen-bond donors (Lipinski definition) is 4. The van der Waals surface area contributed by atoms with Gasteiger partial charge in [0.05, 0.1) is 33.5 Å². The van der Waals surface area contributed by atoms with Crippen molar-refractivity contribution in [1.82, 2.24) is 25.9 Å². The van der Waals surface area contributed by atoms with Crippen LogP contribution in [0.25, 0.3) is 10.9 Å². The average molecular weight is 521 g/mol. The molecule has 1 aliphatic rings. The second-order valence-electron chi connectivity index (χ2n) is 9.46. The van der Waals surface area contributed by atoms with E-state index in [-0.39, 0.29) is 12.1 Å². The summed E-state index contributed by atoms with van der Waals surface area (Å²) in [5.74, 6) is 0. The lowest BCUT2D eigenvalue weighted by atomic mass is 10.0. The maximum atomic E-state index is 9.76. The number of pyridine rings is 1. The first-order valence-electron chi connectivity index (χ1n) is 12.4. The van der Waals surface area contributed by atoms with Crippen molar-refractivity contribution in [1.29, 1.82) is 5.26 Å². The predicted molar refractivity (Wildman–Crippen MR) is 155 cm³/mol. The summed E-state index contributed by atoms with van der Waals surface area (Å²) < 4.78 is 0. The minimum Gasteiger partial charge on any atom is -0.383 e. The van der Waals surface area contributed by atoms with E-state index in [0.717, 1.165) is 47.5 Å². The van der Waals surface area contributed by atoms with Gasteiger partial charge in [-0.25, -0.2) is 0 Å². The van der Waals surface area contributed by atoms with Crippen LogP contribution in [-0.2, 0) is 0 Å². The van der Waals surface area contributed by atoms with Crippen molar-refractivity contribution in [3.05, 3.63) is 77.3 Å². The molecule has 196 valence electrons. The van der Waals surface area contributed by atoms with Crippen LogP contribution in [0.4, 0.5) is 11.4 Å². The summed E-state index contributed by atoms with van der Waals surface area (Å²) >= 11 is 6.71. The van der Waals surface area contributed by atoms with Crippen molar-refractivity contribution in [2.75, 3.05) is 37.8 Å². The number of allylic oxidation sites excluding steroid dienone is 3. The molecule has 8 nitrogen and oxygen atoms in total. The Morgan fingerprint density at radius 3 is 2.76 bits per heavy atom. The topological polar surface area (TPSA) is 91.3 Å². The van der Waals surface area contributed by atoms with Crippen molar-refractivity contribution >= 4 is 33.9 Å². The van der Waals surface area contributed by atoms with Crippen LogP contribution < -0.4 is 21.6 Å². The molecule has 0 fully saturated rings. The summed E-state index contributed by atoms with van der Waals surface area (Å²) in [6, 6.07) is 6.12. The summed E-state index contributed by atoms with van der Waals surface area (Å²) in [6.45, 7) is 12.2. The zero-order valence-corrected chi connectivity index (χ0v) is 23.0. The Morgan fingerprint density at radius 1 is 1.32 bits per heavy atom. The van der Waals surface area contributed by atoms with Crippen molar-refractivity contribution in [2.24, 2.45) is 0 Å². The summed E-state index contributed by atoms with van der Waals surface area (Å²) in [4.78, 5) is 6.61. The molecule has 37 heavy (non-hydrogen) atoms. The maximum absolute atomic E-state index is 9.76. The van der Waals surface area contributed by atoms with E-state index in [1.165, 1.54) is 0 Å². The minimum absolute atomic E-state index is 0.255. The Kier molecular flexibility index (Phi) is 9.98. The van der Waals surface area contributed by atoms with Gasteiger partial charge < -0.3 is 21.0 Å². The molecule has 0 amide bonds. The highest BCUT2D eigenvalue weighted by molar-refractivity contribution is 6.35. The molecular weight excluding hydrogens is 484 g/mol. The Bertz CT molecular complexity index is 1240. The van der Waals surface area contributed by atoms with Crippen LogP contribution in [0.3, 0.4) is 0 Å². The second-order valence-corrected chi connectivity index (χ2v) is 9.86. The Balaban J connectivity index is 2.00. The van der Waals surface area contributed by atoms with Crippen molar-refractivity contribution < 1.29 is 0 Å². The Labute approximate surface area is 225 Å². The van der Waals surface area contributed by atoms with Crippen LogP contribution in [0.15, 0.2) is 66.7 Å². The number of hydrazine groups is 2. The molecule has 2 heterocycles. The molecule has 0 saturated carbocycles. The van der Waals surface area contributed by atoms with Gasteiger partial charge in [-0.05, 0) is 65.5 Å². The number of anilines is 2. The first-order valence-corrected chi connectivity index (χ1v) is 12.8. The summed E-state index contributed by atoms with van der Waals surface area (Å²) in [5.41, 5.74) is 10.9. The number of fused-ring (bicyclic) bond motifs is 1. The highest BCUT2D eigenvalue weighted by atomic mass is 35.5. The van der Waals surface area contributed by atoms with Crippen LogP contribution in [0.1, 0.15) is 32.8 Å². The lowest BCUT2D eigenvalue weighted by molar-refractivity contribution is 0.221. The van der Waals surface area contributed by atoms with Crippen molar-refractivity contribution in [3.63, 3.8) is 0 Å². The first-order chi connectivity index (χ1) is 17.7. The van der Waals surface area contributed by atoms with Gasteiger partial charge in [-0.2, -0.15) is 5.26 Å². The van der Waals surface area contributed by atoms with E-state index in [4.69, 9.17) is 11.6 Å². The van der Waals surface area contributed by atoms with Gasteiger partial charge >= 0.3 is 0 Å². The van der Waals surface area contributed by atoms with Crippen LogP contribution in [0, 0.1) is 11.3 Å². The third kappa shape index (κ3) is 7.26. The molecule has 3 rings (SSSR count). The molecule has 1 aromatic carbocycles. The third-order valence-electron chi connectivity index (χ3n) is 5.90. The molecule has 4 N–H and O–H groups in total. The lowest BCUT2D eigenvalue weighted by Crippen LogP contribution is -2.42. The van der Waals surface area contributed by atoms with Gasteiger partial charge in [0.25, 0.3) is 0 Å². The van der Waals surface area contributed by atoms with Crippen LogP contribution in [-0.4, -0.2) is 54.2 Å². The van der Waals surface area contributed by atoms with Crippen molar-refractivity contribution in [2.45, 2.75) is 39.3 Å². The number of nitrogens with one attached hydrogen (secondary N) is 4. The Hall–Kier alpha value is -3.51. The highest BCUT2D eigenvalue weighted by Gasteiger charge is 2.24. The third-order valence-corrected chi connectivity index (χ3v) is 6.19. The van der Waals surface area contributed by atoms with Gasteiger partial charge in [0, 0.05) is 36.1 Å². The molecule has 0 spiro atoms. The summed E-state index contributed by atoms with van der Waals surface area (Å²) in [5, 5.41) is 20.1. The molecule has 9 heteroatoms. The summed E-state index contributed by atoms with van der Waals surface area (Å²) in [7, 11) is 4.09. The number of halogens is 1. The predicted octanol–water partition coefficient (Wildman–Crippen LogP) is 5.17. The van der Waals surface area contributed by atoms with Crippen LogP contribution in [0.5, 0.6) is 0 Å².